The van der Waals surface area contributed by atoms with Gasteiger partial charge in [0.25, 0.3) is 0 Å². The van der Waals surface area contributed by atoms with Crippen LogP contribution in [0.25, 0.3) is 0 Å². The number of nitrogens with zero attached hydrogens (tertiary/aromatic N) is 2. The minimum Gasteiger partial charge on any atom is -0.316 e. The lowest BCUT2D eigenvalue weighted by molar-refractivity contribution is 0.885. The van der Waals surface area contributed by atoms with E-state index in [0.717, 1.165) is 28.9 Å². The zero-order valence-electron chi connectivity index (χ0n) is 8.54. The van der Waals surface area contributed by atoms with Crippen LogP contribution in [0, 0.1) is 0 Å². The van der Waals surface area contributed by atoms with Crippen LogP contribution in [-0.2, 0) is 6.42 Å². The number of aromatic nitrogens is 2. The third kappa shape index (κ3) is 3.77. The van der Waals surface area contributed by atoms with Gasteiger partial charge < -0.3 is 5.32 Å². The molecule has 0 aromatic carbocycles. The van der Waals surface area contributed by atoms with Gasteiger partial charge in [-0.15, -0.1) is 0 Å². The van der Waals surface area contributed by atoms with Crippen LogP contribution in [0.2, 0.25) is 0 Å². The molecule has 1 aromatic heterocycles. The van der Waals surface area contributed by atoms with Crippen LogP contribution in [0.4, 0.5) is 0 Å². The predicted octanol–water partition coefficient (Wildman–Crippen LogP) is 1.97. The number of hydrogen-bond donors (Lipinski definition) is 1. The van der Waals surface area contributed by atoms with Crippen LogP contribution < -0.4 is 5.32 Å². The first-order valence-corrected chi connectivity index (χ1v) is 6.28. The number of hydrogen-bond acceptors (Lipinski definition) is 5. The van der Waals surface area contributed by atoms with Crippen LogP contribution in [0.5, 0.6) is 0 Å². The monoisotopic (exact) mass is 229 g/mol. The Morgan fingerprint density at radius 3 is 3.00 bits per heavy atom. The van der Waals surface area contributed by atoms with E-state index in [-0.39, 0.29) is 0 Å². The molecule has 0 aliphatic rings. The summed E-state index contributed by atoms with van der Waals surface area (Å²) in [5.41, 5.74) is 1.19. The van der Waals surface area contributed by atoms with E-state index in [2.05, 4.69) is 28.2 Å². The highest BCUT2D eigenvalue weighted by Crippen LogP contribution is 2.21. The molecule has 1 rings (SSSR count). The van der Waals surface area contributed by atoms with Gasteiger partial charge >= 0.3 is 0 Å². The van der Waals surface area contributed by atoms with Gasteiger partial charge in [-0.2, -0.15) is 4.37 Å². The largest absolute Gasteiger partial charge is 0.316 e. The Bertz CT molecular complexity index is 296. The SMILES string of the molecule is C=C(CNC)CSc1nc(CC)ns1. The van der Waals surface area contributed by atoms with Gasteiger partial charge in [0.1, 0.15) is 5.82 Å². The topological polar surface area (TPSA) is 37.8 Å². The van der Waals surface area contributed by atoms with Gasteiger partial charge in [-0.3, -0.25) is 0 Å². The molecule has 0 aliphatic carbocycles. The molecule has 0 amide bonds. The lowest BCUT2D eigenvalue weighted by atomic mass is 10.3. The summed E-state index contributed by atoms with van der Waals surface area (Å²) in [6.45, 7) is 6.89. The molecule has 0 saturated carbocycles. The van der Waals surface area contributed by atoms with Crippen molar-refractivity contribution in [3.63, 3.8) is 0 Å². The Kier molecular flexibility index (Phi) is 5.14. The Balaban J connectivity index is 2.34. The van der Waals surface area contributed by atoms with Crippen molar-refractivity contribution >= 4 is 23.3 Å². The molecular formula is C9H15N3S2. The average Bonchev–Trinajstić information content (AvgIpc) is 2.63. The van der Waals surface area contributed by atoms with Crippen molar-refractivity contribution in [2.45, 2.75) is 17.7 Å². The van der Waals surface area contributed by atoms with Gasteiger partial charge in [-0.25, -0.2) is 4.98 Å². The Morgan fingerprint density at radius 2 is 2.43 bits per heavy atom. The molecular weight excluding hydrogens is 214 g/mol. The van der Waals surface area contributed by atoms with Crippen molar-refractivity contribution in [1.82, 2.24) is 14.7 Å². The standard InChI is InChI=1S/C9H15N3S2/c1-4-8-11-9(14-12-8)13-6-7(2)5-10-3/h10H,2,4-6H2,1,3H3. The Hall–Kier alpha value is -0.390. The second-order valence-electron chi connectivity index (χ2n) is 2.90. The zero-order chi connectivity index (χ0) is 10.4. The van der Waals surface area contributed by atoms with Gasteiger partial charge in [0, 0.05) is 18.7 Å². The van der Waals surface area contributed by atoms with E-state index in [1.165, 1.54) is 17.1 Å². The van der Waals surface area contributed by atoms with Crippen molar-refractivity contribution in [2.75, 3.05) is 19.3 Å². The second-order valence-corrected chi connectivity index (χ2v) is 4.87. The van der Waals surface area contributed by atoms with Crippen LogP contribution in [0.3, 0.4) is 0 Å². The van der Waals surface area contributed by atoms with Gasteiger partial charge in [-0.1, -0.05) is 30.8 Å². The van der Waals surface area contributed by atoms with Crippen LogP contribution in [0.15, 0.2) is 16.5 Å². The third-order valence-corrected chi connectivity index (χ3v) is 3.61. The fourth-order valence-corrected chi connectivity index (χ4v) is 2.50. The summed E-state index contributed by atoms with van der Waals surface area (Å²) in [6, 6.07) is 0. The minimum absolute atomic E-state index is 0.867. The molecule has 0 atom stereocenters. The highest BCUT2D eigenvalue weighted by atomic mass is 32.2. The van der Waals surface area contributed by atoms with E-state index in [9.17, 15) is 0 Å². The van der Waals surface area contributed by atoms with E-state index in [0.29, 0.717) is 0 Å². The van der Waals surface area contributed by atoms with E-state index in [1.54, 1.807) is 11.8 Å². The fourth-order valence-electron chi connectivity index (χ4n) is 0.905. The number of likely N-dealkylation sites (N-methyl/N-ethyl adjacent to an activating group) is 1. The highest BCUT2D eigenvalue weighted by molar-refractivity contribution is 8.01. The van der Waals surface area contributed by atoms with Gasteiger partial charge in [-0.05, 0) is 18.6 Å². The lowest BCUT2D eigenvalue weighted by Gasteiger charge is -2.01. The Labute approximate surface area is 93.2 Å². The van der Waals surface area contributed by atoms with E-state index in [4.69, 9.17) is 0 Å². The molecule has 0 fully saturated rings. The summed E-state index contributed by atoms with van der Waals surface area (Å²) < 4.78 is 5.26. The first kappa shape index (κ1) is 11.7. The number of aryl methyl sites for hydroxylation is 1. The van der Waals surface area contributed by atoms with Gasteiger partial charge in [0.05, 0.1) is 0 Å². The number of nitrogens with one attached hydrogen (secondary N) is 1. The summed E-state index contributed by atoms with van der Waals surface area (Å²) in [5.74, 6) is 1.86. The smallest absolute Gasteiger partial charge is 0.170 e. The maximum Gasteiger partial charge on any atom is 0.170 e. The lowest BCUT2D eigenvalue weighted by Crippen LogP contribution is -2.10. The molecule has 0 aliphatic heterocycles. The molecule has 0 unspecified atom stereocenters. The first-order valence-electron chi connectivity index (χ1n) is 4.53. The van der Waals surface area contributed by atoms with Gasteiger partial charge in [0.15, 0.2) is 4.34 Å². The van der Waals surface area contributed by atoms with Crippen molar-refractivity contribution in [3.8, 4) is 0 Å². The van der Waals surface area contributed by atoms with Crippen molar-refractivity contribution < 1.29 is 0 Å². The quantitative estimate of drug-likeness (QED) is 0.598. The summed E-state index contributed by atoms with van der Waals surface area (Å²) in [6.07, 6.45) is 0.911. The van der Waals surface area contributed by atoms with Crippen LogP contribution in [0.1, 0.15) is 12.7 Å². The predicted molar refractivity (Wildman–Crippen MR) is 63.1 cm³/mol. The molecule has 78 valence electrons. The average molecular weight is 229 g/mol. The molecule has 0 radical (unpaired) electrons. The molecule has 0 spiro atoms. The van der Waals surface area contributed by atoms with Crippen molar-refractivity contribution in [3.05, 3.63) is 18.0 Å². The molecule has 5 heteroatoms. The summed E-state index contributed by atoms with van der Waals surface area (Å²) in [5, 5.41) is 3.07. The third-order valence-electron chi connectivity index (χ3n) is 1.59. The highest BCUT2D eigenvalue weighted by Gasteiger charge is 2.03. The Morgan fingerprint density at radius 1 is 1.64 bits per heavy atom. The fraction of sp³-hybridized carbons (Fsp3) is 0.556. The van der Waals surface area contributed by atoms with Gasteiger partial charge in [0.2, 0.25) is 0 Å². The first-order chi connectivity index (χ1) is 6.76. The van der Waals surface area contributed by atoms with E-state index in [1.807, 2.05) is 7.05 Å². The maximum absolute atomic E-state index is 4.37. The summed E-state index contributed by atoms with van der Waals surface area (Å²) in [4.78, 5) is 4.37. The molecule has 14 heavy (non-hydrogen) atoms. The zero-order valence-corrected chi connectivity index (χ0v) is 10.2. The molecule has 1 N–H and O–H groups in total. The normalized spacial score (nSPS) is 10.4. The van der Waals surface area contributed by atoms with E-state index < -0.39 is 0 Å². The van der Waals surface area contributed by atoms with Crippen molar-refractivity contribution in [1.29, 1.82) is 0 Å². The molecule has 0 bridgehead atoms. The molecule has 1 heterocycles. The van der Waals surface area contributed by atoms with E-state index >= 15 is 0 Å². The number of thioether (sulfide) groups is 1. The van der Waals surface area contributed by atoms with Crippen molar-refractivity contribution in [2.24, 2.45) is 0 Å². The molecule has 0 saturated heterocycles. The van der Waals surface area contributed by atoms with Crippen LogP contribution >= 0.6 is 23.3 Å². The van der Waals surface area contributed by atoms with Crippen LogP contribution in [-0.4, -0.2) is 28.7 Å². The summed E-state index contributed by atoms with van der Waals surface area (Å²) in [7, 11) is 1.93. The maximum atomic E-state index is 4.37. The number of rotatable bonds is 6. The molecule has 1 aromatic rings. The minimum atomic E-state index is 0.867. The molecule has 3 nitrogen and oxygen atoms in total. The second kappa shape index (κ2) is 6.16. The summed E-state index contributed by atoms with van der Waals surface area (Å²) >= 11 is 3.18.